The summed E-state index contributed by atoms with van der Waals surface area (Å²) in [5.41, 5.74) is 0.982. The van der Waals surface area contributed by atoms with Gasteiger partial charge in [0.2, 0.25) is 0 Å². The van der Waals surface area contributed by atoms with E-state index in [2.05, 4.69) is 15.6 Å². The van der Waals surface area contributed by atoms with Crippen LogP contribution in [0.5, 0.6) is 5.75 Å². The molecule has 0 spiro atoms. The van der Waals surface area contributed by atoms with E-state index in [0.29, 0.717) is 43.3 Å². The van der Waals surface area contributed by atoms with Gasteiger partial charge in [-0.2, -0.15) is 0 Å². The third-order valence-electron chi connectivity index (χ3n) is 5.45. The molecule has 37 heavy (non-hydrogen) atoms. The minimum atomic E-state index is -0.941. The monoisotopic (exact) mass is 510 g/mol. The molecule has 3 rings (SSSR count). The molecule has 2 aromatic carbocycles. The highest BCUT2D eigenvalue weighted by Crippen LogP contribution is 2.23. The van der Waals surface area contributed by atoms with Gasteiger partial charge in [-0.25, -0.2) is 9.59 Å². The maximum absolute atomic E-state index is 12.3. The quantitative estimate of drug-likeness (QED) is 0.255. The zero-order valence-electron chi connectivity index (χ0n) is 21.5. The second-order valence-electron chi connectivity index (χ2n) is 8.79. The van der Waals surface area contributed by atoms with Gasteiger partial charge < -0.3 is 24.3 Å². The molecule has 0 bridgehead atoms. The van der Waals surface area contributed by atoms with Gasteiger partial charge in [0.05, 0.1) is 19.4 Å². The Morgan fingerprint density at radius 2 is 1.73 bits per heavy atom. The number of nitrogens with one attached hydrogen (secondary N) is 1. The lowest BCUT2D eigenvalue weighted by Gasteiger charge is -2.22. The highest BCUT2D eigenvalue weighted by Gasteiger charge is 2.29. The summed E-state index contributed by atoms with van der Waals surface area (Å²) in [6.07, 6.45) is 2.77. The number of hydrogen-bond acceptors (Lipinski definition) is 8. The zero-order valence-corrected chi connectivity index (χ0v) is 21.5. The first kappa shape index (κ1) is 27.7. The molecule has 10 heteroatoms. The van der Waals surface area contributed by atoms with Crippen molar-refractivity contribution in [1.29, 1.82) is 0 Å². The summed E-state index contributed by atoms with van der Waals surface area (Å²) < 4.78 is 23.2. The van der Waals surface area contributed by atoms with E-state index in [1.165, 1.54) is 0 Å². The molecule has 0 atom stereocenters. The van der Waals surface area contributed by atoms with E-state index in [9.17, 15) is 9.59 Å². The summed E-state index contributed by atoms with van der Waals surface area (Å²) >= 11 is 0. The molecule has 3 aromatic rings. The van der Waals surface area contributed by atoms with Gasteiger partial charge in [-0.3, -0.25) is 4.68 Å². The molecular weight excluding hydrogens is 476 g/mol. The normalized spacial score (nSPS) is 11.1. The number of rotatable bonds is 14. The Hall–Kier alpha value is -3.92. The highest BCUT2D eigenvalue weighted by atomic mass is 16.6. The molecule has 1 N–H and O–H groups in total. The Bertz CT molecular complexity index is 1130. The topological polar surface area (TPSA) is 114 Å². The maximum atomic E-state index is 12.3. The van der Waals surface area contributed by atoms with E-state index < -0.39 is 17.7 Å². The summed E-state index contributed by atoms with van der Waals surface area (Å²) in [4.78, 5) is 24.5. The summed E-state index contributed by atoms with van der Waals surface area (Å²) in [6, 6.07) is 16.6. The number of nitrogens with zero attached hydrogens (tertiary/aromatic N) is 3. The van der Waals surface area contributed by atoms with Crippen LogP contribution in [-0.2, 0) is 32.9 Å². The fourth-order valence-electron chi connectivity index (χ4n) is 3.39. The first-order chi connectivity index (χ1) is 17.9. The highest BCUT2D eigenvalue weighted by molar-refractivity contribution is 5.92. The van der Waals surface area contributed by atoms with Crippen molar-refractivity contribution in [3.8, 4) is 5.75 Å². The second kappa shape index (κ2) is 14.0. The number of aryl methyl sites for hydroxylation is 1. The van der Waals surface area contributed by atoms with Crippen molar-refractivity contribution in [2.45, 2.75) is 45.4 Å². The number of para-hydroxylation sites is 1. The number of benzene rings is 2. The van der Waals surface area contributed by atoms with Gasteiger partial charge in [-0.15, -0.1) is 5.10 Å². The van der Waals surface area contributed by atoms with Crippen LogP contribution in [0.2, 0.25) is 0 Å². The lowest BCUT2D eigenvalue weighted by Crippen LogP contribution is -2.33. The molecule has 0 radical (unpaired) electrons. The van der Waals surface area contributed by atoms with Crippen LogP contribution in [0.15, 0.2) is 60.8 Å². The number of aromatic nitrogens is 3. The van der Waals surface area contributed by atoms with Gasteiger partial charge in [0.25, 0.3) is 0 Å². The van der Waals surface area contributed by atoms with Crippen LogP contribution in [0.1, 0.15) is 48.3 Å². The average Bonchev–Trinajstić information content (AvgIpc) is 3.38. The Kier molecular flexibility index (Phi) is 10.5. The molecule has 0 fully saturated rings. The number of carbonyl (C=O) groups excluding carboxylic acids is 2. The molecule has 1 aromatic heterocycles. The van der Waals surface area contributed by atoms with Crippen molar-refractivity contribution in [1.82, 2.24) is 20.3 Å². The SMILES string of the molecule is COCCOC(=O)c1ccccc1OCCCCn1cc(C(C)(C)OC(=O)NCc2ccccc2)nn1. The van der Waals surface area contributed by atoms with Crippen LogP contribution in [0.4, 0.5) is 4.79 Å². The van der Waals surface area contributed by atoms with E-state index in [4.69, 9.17) is 18.9 Å². The summed E-state index contributed by atoms with van der Waals surface area (Å²) in [7, 11) is 1.55. The number of amides is 1. The van der Waals surface area contributed by atoms with Crippen LogP contribution < -0.4 is 10.1 Å². The standard InChI is InChI=1S/C27H34N4O6/c1-27(2,37-26(33)28-19-21-11-5-4-6-12-21)24-20-31(30-29-24)15-9-10-16-35-23-14-8-7-13-22(23)25(32)36-18-17-34-3/h4-8,11-14,20H,9-10,15-19H2,1-3H3,(H,28,33). The number of ether oxygens (including phenoxy) is 4. The smallest absolute Gasteiger partial charge is 0.408 e. The fraction of sp³-hybridized carbons (Fsp3) is 0.407. The lowest BCUT2D eigenvalue weighted by molar-refractivity contribution is 0.0327. The van der Waals surface area contributed by atoms with Gasteiger partial charge in [0, 0.05) is 20.2 Å². The molecule has 1 amide bonds. The third kappa shape index (κ3) is 8.91. The number of esters is 1. The lowest BCUT2D eigenvalue weighted by atomic mass is 10.1. The van der Waals surface area contributed by atoms with Crippen LogP contribution in [0.25, 0.3) is 0 Å². The number of methoxy groups -OCH3 is 1. The molecular formula is C27H34N4O6. The Morgan fingerprint density at radius 3 is 2.51 bits per heavy atom. The van der Waals surface area contributed by atoms with Crippen LogP contribution in [-0.4, -0.2) is 54.0 Å². The molecule has 0 aliphatic rings. The average molecular weight is 511 g/mol. The van der Waals surface area contributed by atoms with Crippen molar-refractivity contribution in [2.24, 2.45) is 0 Å². The van der Waals surface area contributed by atoms with Gasteiger partial charge in [0.15, 0.2) is 5.60 Å². The van der Waals surface area contributed by atoms with Crippen LogP contribution in [0, 0.1) is 0 Å². The fourth-order valence-corrected chi connectivity index (χ4v) is 3.39. The summed E-state index contributed by atoms with van der Waals surface area (Å²) in [6.45, 7) is 5.49. The molecule has 10 nitrogen and oxygen atoms in total. The van der Waals surface area contributed by atoms with E-state index in [-0.39, 0.29) is 6.61 Å². The Balaban J connectivity index is 1.41. The Morgan fingerprint density at radius 1 is 0.973 bits per heavy atom. The Labute approximate surface area is 216 Å². The molecule has 0 aliphatic heterocycles. The van der Waals surface area contributed by atoms with Gasteiger partial charge >= 0.3 is 12.1 Å². The third-order valence-corrected chi connectivity index (χ3v) is 5.45. The number of hydrogen-bond donors (Lipinski definition) is 1. The number of alkyl carbamates (subject to hydrolysis) is 1. The van der Waals surface area contributed by atoms with Crippen molar-refractivity contribution >= 4 is 12.1 Å². The summed E-state index contributed by atoms with van der Waals surface area (Å²) in [5.74, 6) is 0.0405. The predicted octanol–water partition coefficient (Wildman–Crippen LogP) is 4.10. The van der Waals surface area contributed by atoms with Gasteiger partial charge in [0.1, 0.15) is 23.6 Å². The largest absolute Gasteiger partial charge is 0.493 e. The number of carbonyl (C=O) groups is 2. The van der Waals surface area contributed by atoms with Crippen molar-refractivity contribution < 1.29 is 28.5 Å². The first-order valence-electron chi connectivity index (χ1n) is 12.2. The minimum absolute atomic E-state index is 0.184. The van der Waals surface area contributed by atoms with E-state index in [0.717, 1.165) is 18.4 Å². The van der Waals surface area contributed by atoms with Crippen molar-refractivity contribution in [2.75, 3.05) is 26.9 Å². The van der Waals surface area contributed by atoms with Crippen LogP contribution >= 0.6 is 0 Å². The van der Waals surface area contributed by atoms with E-state index >= 15 is 0 Å². The molecule has 0 saturated heterocycles. The van der Waals surface area contributed by atoms with E-state index in [1.54, 1.807) is 50.0 Å². The van der Waals surface area contributed by atoms with Gasteiger partial charge in [-0.05, 0) is 44.4 Å². The van der Waals surface area contributed by atoms with Gasteiger partial charge in [-0.1, -0.05) is 47.7 Å². The number of unbranched alkanes of at least 4 members (excludes halogenated alkanes) is 1. The zero-order chi connectivity index (χ0) is 26.5. The molecule has 198 valence electrons. The maximum Gasteiger partial charge on any atom is 0.408 e. The second-order valence-corrected chi connectivity index (χ2v) is 8.79. The van der Waals surface area contributed by atoms with Crippen molar-refractivity contribution in [3.05, 3.63) is 77.6 Å². The predicted molar refractivity (Wildman–Crippen MR) is 136 cm³/mol. The molecule has 1 heterocycles. The minimum Gasteiger partial charge on any atom is -0.493 e. The first-order valence-corrected chi connectivity index (χ1v) is 12.2. The molecule has 0 aliphatic carbocycles. The molecule has 0 saturated carbocycles. The van der Waals surface area contributed by atoms with Crippen LogP contribution in [0.3, 0.4) is 0 Å². The van der Waals surface area contributed by atoms with E-state index in [1.807, 2.05) is 36.4 Å². The molecule has 0 unspecified atom stereocenters. The van der Waals surface area contributed by atoms with Crippen molar-refractivity contribution in [3.63, 3.8) is 0 Å². The summed E-state index contributed by atoms with van der Waals surface area (Å²) in [5, 5.41) is 11.1.